The van der Waals surface area contributed by atoms with Crippen LogP contribution in [0.25, 0.3) is 0 Å². The van der Waals surface area contributed by atoms with Crippen LogP contribution in [0.1, 0.15) is 12.5 Å². The summed E-state index contributed by atoms with van der Waals surface area (Å²) in [5.74, 6) is -0.244. The Morgan fingerprint density at radius 1 is 1.26 bits per heavy atom. The van der Waals surface area contributed by atoms with Gasteiger partial charge in [-0.2, -0.15) is 0 Å². The summed E-state index contributed by atoms with van der Waals surface area (Å²) in [6, 6.07) is 7.78. The summed E-state index contributed by atoms with van der Waals surface area (Å²) in [5.41, 5.74) is 6.60. The molecule has 1 fully saturated rings. The maximum Gasteiger partial charge on any atom is 0.234 e. The number of nitrogens with two attached hydrogens (primary N) is 1. The van der Waals surface area contributed by atoms with Gasteiger partial charge in [0.1, 0.15) is 0 Å². The second-order valence-electron chi connectivity index (χ2n) is 5.02. The number of amides is 1. The van der Waals surface area contributed by atoms with Crippen LogP contribution in [0.15, 0.2) is 24.3 Å². The van der Waals surface area contributed by atoms with Crippen molar-refractivity contribution in [1.82, 2.24) is 9.80 Å². The largest absolute Gasteiger partial charge is 0.368 e. The van der Waals surface area contributed by atoms with Crippen LogP contribution in [0.3, 0.4) is 0 Å². The Morgan fingerprint density at radius 3 is 2.37 bits per heavy atom. The fraction of sp³-hybridized carbons (Fsp3) is 0.500. The van der Waals surface area contributed by atoms with Crippen LogP contribution >= 0.6 is 11.6 Å². The molecule has 1 heterocycles. The average Bonchev–Trinajstić information content (AvgIpc) is 2.41. The Balaban J connectivity index is 1.83. The number of benzene rings is 1. The number of primary amides is 1. The number of piperazine rings is 1. The van der Waals surface area contributed by atoms with Gasteiger partial charge in [-0.1, -0.05) is 23.7 Å². The smallest absolute Gasteiger partial charge is 0.234 e. The molecule has 1 atom stereocenters. The molecule has 0 aromatic heterocycles. The number of nitrogens with zero attached hydrogens (tertiary/aromatic N) is 2. The fourth-order valence-corrected chi connectivity index (χ4v) is 2.46. The van der Waals surface area contributed by atoms with Gasteiger partial charge in [0.2, 0.25) is 5.91 Å². The molecule has 19 heavy (non-hydrogen) atoms. The Bertz CT molecular complexity index is 427. The number of halogens is 1. The van der Waals surface area contributed by atoms with E-state index in [1.54, 1.807) is 0 Å². The Kier molecular flexibility index (Phi) is 4.80. The van der Waals surface area contributed by atoms with Crippen molar-refractivity contribution in [2.45, 2.75) is 19.5 Å². The second-order valence-corrected chi connectivity index (χ2v) is 5.45. The molecule has 1 amide bonds. The molecule has 0 unspecified atom stereocenters. The molecule has 0 saturated carbocycles. The van der Waals surface area contributed by atoms with Crippen molar-refractivity contribution in [2.24, 2.45) is 5.73 Å². The highest BCUT2D eigenvalue weighted by Crippen LogP contribution is 2.13. The molecule has 2 rings (SSSR count). The third kappa shape index (κ3) is 3.93. The lowest BCUT2D eigenvalue weighted by molar-refractivity contribution is -0.123. The molecule has 1 aliphatic rings. The van der Waals surface area contributed by atoms with Crippen LogP contribution in [-0.4, -0.2) is 47.9 Å². The van der Waals surface area contributed by atoms with Crippen LogP contribution in [-0.2, 0) is 11.3 Å². The Morgan fingerprint density at radius 2 is 1.84 bits per heavy atom. The van der Waals surface area contributed by atoms with Gasteiger partial charge >= 0.3 is 0 Å². The van der Waals surface area contributed by atoms with Crippen LogP contribution < -0.4 is 5.73 Å². The third-order valence-electron chi connectivity index (χ3n) is 3.69. The predicted molar refractivity (Wildman–Crippen MR) is 77.0 cm³/mol. The van der Waals surface area contributed by atoms with Gasteiger partial charge in [-0.3, -0.25) is 14.6 Å². The van der Waals surface area contributed by atoms with E-state index < -0.39 is 0 Å². The monoisotopic (exact) mass is 281 g/mol. The van der Waals surface area contributed by atoms with Crippen LogP contribution in [0.2, 0.25) is 5.02 Å². The maximum atomic E-state index is 11.2. The zero-order chi connectivity index (χ0) is 13.8. The number of hydrogen-bond acceptors (Lipinski definition) is 3. The third-order valence-corrected chi connectivity index (χ3v) is 3.94. The lowest BCUT2D eigenvalue weighted by Gasteiger charge is -2.36. The average molecular weight is 282 g/mol. The molecule has 104 valence electrons. The van der Waals surface area contributed by atoms with Crippen molar-refractivity contribution in [1.29, 1.82) is 0 Å². The summed E-state index contributed by atoms with van der Waals surface area (Å²) in [6.07, 6.45) is 0. The van der Waals surface area contributed by atoms with E-state index in [1.165, 1.54) is 5.56 Å². The van der Waals surface area contributed by atoms with Crippen molar-refractivity contribution >= 4 is 17.5 Å². The number of hydrogen-bond donors (Lipinski definition) is 1. The zero-order valence-electron chi connectivity index (χ0n) is 11.2. The number of carbonyl (C=O) groups excluding carboxylic acids is 1. The summed E-state index contributed by atoms with van der Waals surface area (Å²) in [4.78, 5) is 15.7. The van der Waals surface area contributed by atoms with Crippen molar-refractivity contribution in [3.8, 4) is 0 Å². The molecule has 1 saturated heterocycles. The van der Waals surface area contributed by atoms with Gasteiger partial charge in [0.05, 0.1) is 6.04 Å². The van der Waals surface area contributed by atoms with E-state index in [-0.39, 0.29) is 11.9 Å². The highest BCUT2D eigenvalue weighted by Gasteiger charge is 2.23. The highest BCUT2D eigenvalue weighted by atomic mass is 35.5. The first-order chi connectivity index (χ1) is 9.06. The molecule has 2 N–H and O–H groups in total. The van der Waals surface area contributed by atoms with Crippen LogP contribution in [0.5, 0.6) is 0 Å². The van der Waals surface area contributed by atoms with Gasteiger partial charge in [0.15, 0.2) is 0 Å². The lowest BCUT2D eigenvalue weighted by Crippen LogP contribution is -2.52. The summed E-state index contributed by atoms with van der Waals surface area (Å²) in [7, 11) is 0. The molecule has 1 aromatic rings. The summed E-state index contributed by atoms with van der Waals surface area (Å²) < 4.78 is 0. The normalized spacial score (nSPS) is 19.3. The van der Waals surface area contributed by atoms with Crippen molar-refractivity contribution in [3.05, 3.63) is 34.9 Å². The quantitative estimate of drug-likeness (QED) is 0.906. The highest BCUT2D eigenvalue weighted by molar-refractivity contribution is 6.30. The van der Waals surface area contributed by atoms with Gasteiger partial charge in [0, 0.05) is 37.7 Å². The SMILES string of the molecule is C[C@@H](C(N)=O)N1CCN(Cc2ccc(Cl)cc2)CC1. The van der Waals surface area contributed by atoms with E-state index in [0.29, 0.717) is 0 Å². The Labute approximate surface area is 119 Å². The maximum absolute atomic E-state index is 11.2. The van der Waals surface area contributed by atoms with Crippen molar-refractivity contribution < 1.29 is 4.79 Å². The summed E-state index contributed by atoms with van der Waals surface area (Å²) in [6.45, 7) is 6.49. The van der Waals surface area contributed by atoms with Crippen LogP contribution in [0.4, 0.5) is 0 Å². The van der Waals surface area contributed by atoms with Gasteiger partial charge in [0.25, 0.3) is 0 Å². The molecule has 0 bridgehead atoms. The van der Waals surface area contributed by atoms with Crippen molar-refractivity contribution in [3.63, 3.8) is 0 Å². The Hall–Kier alpha value is -1.10. The summed E-state index contributed by atoms with van der Waals surface area (Å²) >= 11 is 5.87. The molecule has 5 heteroatoms. The molecule has 0 spiro atoms. The minimum atomic E-state index is -0.244. The van der Waals surface area contributed by atoms with Gasteiger partial charge in [-0.15, -0.1) is 0 Å². The van der Waals surface area contributed by atoms with E-state index in [1.807, 2.05) is 19.1 Å². The molecule has 4 nitrogen and oxygen atoms in total. The van der Waals surface area contributed by atoms with Crippen LogP contribution in [0, 0.1) is 0 Å². The molecule has 1 aromatic carbocycles. The second kappa shape index (κ2) is 6.37. The minimum Gasteiger partial charge on any atom is -0.368 e. The standard InChI is InChI=1S/C14H20ClN3O/c1-11(14(16)19)18-8-6-17(7-9-18)10-12-2-4-13(15)5-3-12/h2-5,11H,6-10H2,1H3,(H2,16,19)/t11-/m0/s1. The van der Waals surface area contributed by atoms with Gasteiger partial charge < -0.3 is 5.73 Å². The van der Waals surface area contributed by atoms with E-state index in [4.69, 9.17) is 17.3 Å². The molecule has 1 aliphatic heterocycles. The first-order valence-corrected chi connectivity index (χ1v) is 6.94. The molecule has 0 aliphatic carbocycles. The first-order valence-electron chi connectivity index (χ1n) is 6.56. The van der Waals surface area contributed by atoms with Gasteiger partial charge in [-0.25, -0.2) is 0 Å². The number of carbonyl (C=O) groups is 1. The zero-order valence-corrected chi connectivity index (χ0v) is 11.9. The molecular weight excluding hydrogens is 262 g/mol. The minimum absolute atomic E-state index is 0.169. The summed E-state index contributed by atoms with van der Waals surface area (Å²) in [5, 5.41) is 0.767. The molecule has 0 radical (unpaired) electrons. The first kappa shape index (κ1) is 14.3. The molecular formula is C14H20ClN3O. The van der Waals surface area contributed by atoms with E-state index in [0.717, 1.165) is 37.7 Å². The fourth-order valence-electron chi connectivity index (χ4n) is 2.34. The van der Waals surface area contributed by atoms with E-state index in [2.05, 4.69) is 21.9 Å². The topological polar surface area (TPSA) is 49.6 Å². The van der Waals surface area contributed by atoms with E-state index in [9.17, 15) is 4.79 Å². The van der Waals surface area contributed by atoms with Crippen molar-refractivity contribution in [2.75, 3.05) is 26.2 Å². The predicted octanol–water partition coefficient (Wildman–Crippen LogP) is 1.33. The number of rotatable bonds is 4. The van der Waals surface area contributed by atoms with Gasteiger partial charge in [-0.05, 0) is 24.6 Å². The lowest BCUT2D eigenvalue weighted by atomic mass is 10.1. The van der Waals surface area contributed by atoms with E-state index >= 15 is 0 Å².